The van der Waals surface area contributed by atoms with Crippen LogP contribution in [0.5, 0.6) is 5.75 Å². The number of halogens is 5. The molecule has 0 spiro atoms. The highest BCUT2D eigenvalue weighted by Crippen LogP contribution is 2.52. The van der Waals surface area contributed by atoms with E-state index in [0.29, 0.717) is 23.6 Å². The third-order valence-electron chi connectivity index (χ3n) is 5.70. The highest BCUT2D eigenvalue weighted by Gasteiger charge is 2.62. The van der Waals surface area contributed by atoms with Gasteiger partial charge in [-0.25, -0.2) is 4.79 Å². The summed E-state index contributed by atoms with van der Waals surface area (Å²) in [6, 6.07) is 11.4. The minimum absolute atomic E-state index is 0.00826. The zero-order chi connectivity index (χ0) is 23.6. The molecule has 11 heteroatoms. The Morgan fingerprint density at radius 1 is 1.15 bits per heavy atom. The standard InChI is InChI=1S/C22H22Cl2F3N3O3/c23-13-5-7-14(8-6-13)28-20(31)29-16-9-10-18(24)30-19(16)33-17-4-2-1-3-15(17)21(11-12-32-21)22(25,26)27/h1-8,16,18-19,30H,9-12H2,(H2,28,29,31)/t16?,18?,19?,21-/m1/s1. The van der Waals surface area contributed by atoms with Gasteiger partial charge in [-0.3, -0.25) is 5.32 Å². The Morgan fingerprint density at radius 2 is 1.85 bits per heavy atom. The molecule has 2 aromatic carbocycles. The van der Waals surface area contributed by atoms with E-state index in [1.54, 1.807) is 30.3 Å². The van der Waals surface area contributed by atoms with E-state index < -0.39 is 35.6 Å². The molecule has 2 aliphatic rings. The first-order valence-corrected chi connectivity index (χ1v) is 11.2. The van der Waals surface area contributed by atoms with Gasteiger partial charge >= 0.3 is 12.2 Å². The molecule has 2 aliphatic heterocycles. The Kier molecular flexibility index (Phi) is 6.95. The summed E-state index contributed by atoms with van der Waals surface area (Å²) in [7, 11) is 0. The van der Waals surface area contributed by atoms with Crippen LogP contribution in [0.15, 0.2) is 48.5 Å². The van der Waals surface area contributed by atoms with E-state index >= 15 is 0 Å². The van der Waals surface area contributed by atoms with Crippen LogP contribution in [0.4, 0.5) is 23.7 Å². The molecule has 2 saturated heterocycles. The Morgan fingerprint density at radius 3 is 2.48 bits per heavy atom. The van der Waals surface area contributed by atoms with Gasteiger partial charge in [0.15, 0.2) is 11.8 Å². The van der Waals surface area contributed by atoms with Gasteiger partial charge in [-0.05, 0) is 43.2 Å². The normalized spacial score (nSPS) is 27.4. The minimum Gasteiger partial charge on any atom is -0.473 e. The highest BCUT2D eigenvalue weighted by molar-refractivity contribution is 6.30. The summed E-state index contributed by atoms with van der Waals surface area (Å²) in [5.74, 6) is 0.0164. The number of hydrogen-bond donors (Lipinski definition) is 3. The molecule has 33 heavy (non-hydrogen) atoms. The quantitative estimate of drug-likeness (QED) is 0.379. The van der Waals surface area contributed by atoms with E-state index in [4.69, 9.17) is 32.7 Å². The van der Waals surface area contributed by atoms with E-state index in [1.807, 2.05) is 0 Å². The molecule has 0 radical (unpaired) electrons. The summed E-state index contributed by atoms with van der Waals surface area (Å²) >= 11 is 12.1. The van der Waals surface area contributed by atoms with Crippen molar-refractivity contribution < 1.29 is 27.4 Å². The molecule has 2 fully saturated rings. The van der Waals surface area contributed by atoms with Crippen LogP contribution in [0.1, 0.15) is 24.8 Å². The van der Waals surface area contributed by atoms with Crippen molar-refractivity contribution in [2.24, 2.45) is 0 Å². The van der Waals surface area contributed by atoms with Gasteiger partial charge in [0.25, 0.3) is 0 Å². The number of ether oxygens (including phenoxy) is 2. The fraction of sp³-hybridized carbons (Fsp3) is 0.409. The maximum Gasteiger partial charge on any atom is 0.421 e. The number of rotatable bonds is 5. The maximum atomic E-state index is 13.9. The molecule has 0 aromatic heterocycles. The number of hydrogen-bond acceptors (Lipinski definition) is 4. The zero-order valence-corrected chi connectivity index (χ0v) is 18.8. The molecule has 0 saturated carbocycles. The Bertz CT molecular complexity index is 987. The number of amides is 2. The lowest BCUT2D eigenvalue weighted by atomic mass is 9.85. The maximum absolute atomic E-state index is 13.9. The van der Waals surface area contributed by atoms with E-state index in [0.717, 1.165) is 0 Å². The number of carbonyl (C=O) groups excluding carboxylic acids is 1. The first-order chi connectivity index (χ1) is 15.7. The summed E-state index contributed by atoms with van der Waals surface area (Å²) in [4.78, 5) is 12.5. The number of nitrogens with one attached hydrogen (secondary N) is 3. The van der Waals surface area contributed by atoms with Gasteiger partial charge in [0.1, 0.15) is 5.75 Å². The van der Waals surface area contributed by atoms with Crippen LogP contribution in [-0.4, -0.2) is 36.6 Å². The molecule has 3 N–H and O–H groups in total. The summed E-state index contributed by atoms with van der Waals surface area (Å²) in [5, 5.41) is 9.04. The van der Waals surface area contributed by atoms with Crippen molar-refractivity contribution >= 4 is 34.9 Å². The number of benzene rings is 2. The topological polar surface area (TPSA) is 71.6 Å². The second-order valence-electron chi connectivity index (χ2n) is 7.88. The van der Waals surface area contributed by atoms with Crippen molar-refractivity contribution in [2.75, 3.05) is 11.9 Å². The number of para-hydroxylation sites is 1. The van der Waals surface area contributed by atoms with Crippen LogP contribution in [0.3, 0.4) is 0 Å². The lowest BCUT2D eigenvalue weighted by molar-refractivity contribution is -0.334. The molecule has 6 nitrogen and oxygen atoms in total. The first-order valence-electron chi connectivity index (χ1n) is 10.4. The van der Waals surface area contributed by atoms with Gasteiger partial charge in [0.05, 0.1) is 18.1 Å². The molecule has 2 heterocycles. The van der Waals surface area contributed by atoms with Crippen molar-refractivity contribution in [3.8, 4) is 5.75 Å². The lowest BCUT2D eigenvalue weighted by Gasteiger charge is -2.44. The van der Waals surface area contributed by atoms with Gasteiger partial charge < -0.3 is 20.1 Å². The summed E-state index contributed by atoms with van der Waals surface area (Å²) < 4.78 is 52.6. The summed E-state index contributed by atoms with van der Waals surface area (Å²) in [6.07, 6.45) is -4.66. The third kappa shape index (κ3) is 5.16. The van der Waals surface area contributed by atoms with Crippen molar-refractivity contribution in [1.29, 1.82) is 0 Å². The molecule has 4 atom stereocenters. The van der Waals surface area contributed by atoms with Crippen LogP contribution in [-0.2, 0) is 10.3 Å². The number of alkyl halides is 4. The van der Waals surface area contributed by atoms with Crippen LogP contribution in [0, 0.1) is 0 Å². The molecular weight excluding hydrogens is 482 g/mol. The molecule has 4 rings (SSSR count). The molecule has 2 aromatic rings. The Balaban J connectivity index is 1.51. The number of carbonyl (C=O) groups is 1. The Labute approximate surface area is 198 Å². The van der Waals surface area contributed by atoms with Crippen molar-refractivity contribution in [1.82, 2.24) is 10.6 Å². The first kappa shape index (κ1) is 23.9. The smallest absolute Gasteiger partial charge is 0.421 e. The summed E-state index contributed by atoms with van der Waals surface area (Å²) in [6.45, 7) is 0.00826. The van der Waals surface area contributed by atoms with Gasteiger partial charge in [-0.1, -0.05) is 29.8 Å². The zero-order valence-electron chi connectivity index (χ0n) is 17.3. The lowest BCUT2D eigenvalue weighted by Crippen LogP contribution is -2.59. The average Bonchev–Trinajstić information content (AvgIpc) is 2.71. The van der Waals surface area contributed by atoms with Crippen molar-refractivity contribution in [2.45, 2.75) is 48.8 Å². The monoisotopic (exact) mass is 503 g/mol. The fourth-order valence-corrected chi connectivity index (χ4v) is 4.30. The van der Waals surface area contributed by atoms with Gasteiger partial charge in [-0.2, -0.15) is 13.2 Å². The van der Waals surface area contributed by atoms with Crippen molar-refractivity contribution in [3.05, 3.63) is 59.1 Å². The fourth-order valence-electron chi connectivity index (χ4n) is 3.92. The predicted molar refractivity (Wildman–Crippen MR) is 119 cm³/mol. The van der Waals surface area contributed by atoms with Gasteiger partial charge in [0, 0.05) is 22.7 Å². The largest absolute Gasteiger partial charge is 0.473 e. The van der Waals surface area contributed by atoms with E-state index in [1.165, 1.54) is 18.2 Å². The van der Waals surface area contributed by atoms with E-state index in [2.05, 4.69) is 16.0 Å². The number of piperidine rings is 1. The highest BCUT2D eigenvalue weighted by atomic mass is 35.5. The van der Waals surface area contributed by atoms with E-state index in [9.17, 15) is 18.0 Å². The Hall–Kier alpha value is -2.20. The van der Waals surface area contributed by atoms with Gasteiger partial charge in [0.2, 0.25) is 0 Å². The van der Waals surface area contributed by atoms with Crippen LogP contribution in [0.25, 0.3) is 0 Å². The molecule has 178 valence electrons. The van der Waals surface area contributed by atoms with Crippen LogP contribution in [0.2, 0.25) is 5.02 Å². The van der Waals surface area contributed by atoms with Crippen LogP contribution < -0.4 is 20.7 Å². The van der Waals surface area contributed by atoms with E-state index in [-0.39, 0.29) is 24.3 Å². The van der Waals surface area contributed by atoms with Gasteiger partial charge in [-0.15, -0.1) is 11.6 Å². The second kappa shape index (κ2) is 9.58. The third-order valence-corrected chi connectivity index (χ3v) is 6.29. The van der Waals surface area contributed by atoms with Crippen molar-refractivity contribution in [3.63, 3.8) is 0 Å². The molecular formula is C22H22Cl2F3N3O3. The molecule has 0 aliphatic carbocycles. The minimum atomic E-state index is -4.60. The second-order valence-corrected chi connectivity index (χ2v) is 8.84. The number of urea groups is 1. The average molecular weight is 504 g/mol. The molecule has 0 bridgehead atoms. The molecule has 3 unspecified atom stereocenters. The number of anilines is 1. The molecule has 2 amide bonds. The van der Waals surface area contributed by atoms with Crippen LogP contribution >= 0.6 is 23.2 Å². The summed E-state index contributed by atoms with van der Waals surface area (Å²) in [5.41, 5.74) is -2.44. The SMILES string of the molecule is O=C(Nc1ccc(Cl)cc1)NC1CCC(Cl)NC1Oc1ccccc1[C@@]1(C(F)(F)F)CCO1. The predicted octanol–water partition coefficient (Wildman–Crippen LogP) is 5.36.